The average molecular weight is 276 g/mol. The van der Waals surface area contributed by atoms with E-state index in [2.05, 4.69) is 12.2 Å². The van der Waals surface area contributed by atoms with Gasteiger partial charge in [0.2, 0.25) is 0 Å². The Labute approximate surface area is 116 Å². The molecule has 0 radical (unpaired) electrons. The topological polar surface area (TPSA) is 94.8 Å². The molecule has 0 heterocycles. The Balaban J connectivity index is -0.000000238. The summed E-state index contributed by atoms with van der Waals surface area (Å²) in [5, 5.41) is 25.6. The van der Waals surface area contributed by atoms with Crippen LogP contribution in [0.2, 0.25) is 0 Å². The van der Waals surface area contributed by atoms with Crippen molar-refractivity contribution in [2.75, 3.05) is 0 Å². The van der Waals surface area contributed by atoms with Gasteiger partial charge in [-0.25, -0.2) is 12.2 Å². The molecule has 0 spiro atoms. The van der Waals surface area contributed by atoms with Crippen LogP contribution in [-0.2, 0) is 31.3 Å². The maximum Gasteiger partial charge on any atom is 2.00 e. The van der Waals surface area contributed by atoms with Crippen LogP contribution in [0.3, 0.4) is 0 Å². The number of carbonyl (C=O) groups is 2. The molecule has 94 valence electrons. The molecular weight excluding hydrogens is 260 g/mol. The van der Waals surface area contributed by atoms with Crippen molar-refractivity contribution in [3.05, 3.63) is 31.7 Å². The van der Waals surface area contributed by atoms with E-state index in [4.69, 9.17) is 15.3 Å². The molecule has 2 atom stereocenters. The van der Waals surface area contributed by atoms with E-state index in [1.807, 2.05) is 12.2 Å². The molecule has 2 unspecified atom stereocenters. The molecule has 0 aromatic rings. The Hall–Kier alpha value is -0.586. The van der Waals surface area contributed by atoms with Crippen LogP contribution < -0.4 is 0 Å². The molecule has 3 N–H and O–H groups in total. The van der Waals surface area contributed by atoms with Crippen molar-refractivity contribution in [1.82, 2.24) is 0 Å². The van der Waals surface area contributed by atoms with Gasteiger partial charge in [-0.2, -0.15) is 6.08 Å². The maximum absolute atomic E-state index is 9.73. The van der Waals surface area contributed by atoms with E-state index < -0.39 is 18.3 Å². The zero-order chi connectivity index (χ0) is 11.7. The summed E-state index contributed by atoms with van der Waals surface area (Å²) < 4.78 is 0. The number of rotatable bonds is 4. The Kier molecular flexibility index (Phi) is 17.2. The van der Waals surface area contributed by atoms with Gasteiger partial charge in [0.15, 0.2) is 12.6 Å². The van der Waals surface area contributed by atoms with Gasteiger partial charge in [0.05, 0.1) is 0 Å². The minimum atomic E-state index is -1.73. The molecule has 0 amide bonds. The van der Waals surface area contributed by atoms with Crippen molar-refractivity contribution in [3.8, 4) is 0 Å². The molecule has 1 rings (SSSR count). The van der Waals surface area contributed by atoms with E-state index in [1.165, 1.54) is 0 Å². The Morgan fingerprint density at radius 3 is 1.76 bits per heavy atom. The van der Waals surface area contributed by atoms with Crippen LogP contribution in [-0.4, -0.2) is 46.2 Å². The van der Waals surface area contributed by atoms with Gasteiger partial charge < -0.3 is 32.3 Å². The van der Waals surface area contributed by atoms with Gasteiger partial charge in [-0.15, -0.1) is 6.42 Å². The Morgan fingerprint density at radius 2 is 1.59 bits per heavy atom. The average Bonchev–Trinajstić information content (AvgIpc) is 2.84. The van der Waals surface area contributed by atoms with Crippen molar-refractivity contribution >= 4 is 12.6 Å². The second kappa shape index (κ2) is 13.5. The van der Waals surface area contributed by atoms with Gasteiger partial charge in [-0.05, 0) is 0 Å². The third kappa shape index (κ3) is 10.3. The monoisotopic (exact) mass is 276 g/mol. The largest absolute Gasteiger partial charge is 2.00 e. The number of carbonyl (C=O) groups excluding carboxylic acids is 2. The van der Waals surface area contributed by atoms with Crippen LogP contribution in [0, 0.1) is 13.5 Å². The van der Waals surface area contributed by atoms with Gasteiger partial charge in [-0.1, -0.05) is 0 Å². The summed E-state index contributed by atoms with van der Waals surface area (Å²) in [5.74, 6) is 0. The fraction of sp³-hybridized carbons (Fsp3) is 0.364. The first-order valence-electron chi connectivity index (χ1n) is 4.30. The molecule has 0 fully saturated rings. The number of aldehydes is 2. The van der Waals surface area contributed by atoms with Gasteiger partial charge in [0.25, 0.3) is 0 Å². The molecule has 0 saturated carbocycles. The van der Waals surface area contributed by atoms with Crippen molar-refractivity contribution in [2.24, 2.45) is 0 Å². The van der Waals surface area contributed by atoms with Crippen molar-refractivity contribution < 1.29 is 46.6 Å². The van der Waals surface area contributed by atoms with Crippen LogP contribution in [0.4, 0.5) is 0 Å². The second-order valence-corrected chi connectivity index (χ2v) is 2.75. The molecule has 0 aliphatic heterocycles. The normalized spacial score (nSPS) is 16.4. The quantitative estimate of drug-likeness (QED) is 0.356. The second-order valence-electron chi connectivity index (χ2n) is 2.75. The first kappa shape index (κ1) is 21.7. The predicted molar refractivity (Wildman–Crippen MR) is 58.1 cm³/mol. The summed E-state index contributed by atoms with van der Waals surface area (Å²) in [5.41, 5.74) is 0. The molecule has 0 saturated heterocycles. The first-order chi connectivity index (χ1) is 7.13. The first-order valence-corrected chi connectivity index (χ1v) is 4.30. The molecule has 0 aromatic carbocycles. The zero-order valence-corrected chi connectivity index (χ0v) is 11.0. The molecule has 6 heteroatoms. The third-order valence-electron chi connectivity index (χ3n) is 1.56. The summed E-state index contributed by atoms with van der Waals surface area (Å²) in [4.78, 5) is 19.5. The molecule has 1 aliphatic rings. The van der Waals surface area contributed by atoms with E-state index >= 15 is 0 Å². The van der Waals surface area contributed by atoms with E-state index in [1.54, 1.807) is 0 Å². The zero-order valence-electron chi connectivity index (χ0n) is 9.48. The summed E-state index contributed by atoms with van der Waals surface area (Å²) in [6.45, 7) is 0. The van der Waals surface area contributed by atoms with E-state index in [0.717, 1.165) is 6.42 Å². The van der Waals surface area contributed by atoms with Crippen LogP contribution in [0.15, 0.2) is 18.2 Å². The van der Waals surface area contributed by atoms with Gasteiger partial charge in [-0.3, -0.25) is 6.08 Å². The fourth-order valence-corrected chi connectivity index (χ4v) is 0.703. The van der Waals surface area contributed by atoms with Crippen molar-refractivity contribution in [2.45, 2.75) is 24.7 Å². The van der Waals surface area contributed by atoms with Crippen LogP contribution >= 0.6 is 0 Å². The molecule has 5 nitrogen and oxygen atoms in total. The van der Waals surface area contributed by atoms with Gasteiger partial charge in [0.1, 0.15) is 18.3 Å². The number of aliphatic hydroxyl groups excluding tert-OH is 3. The van der Waals surface area contributed by atoms with E-state index in [-0.39, 0.29) is 41.7 Å². The maximum atomic E-state index is 9.73. The van der Waals surface area contributed by atoms with Gasteiger partial charge in [0, 0.05) is 0 Å². The number of aliphatic hydroxyl groups is 3. The van der Waals surface area contributed by atoms with Gasteiger partial charge >= 0.3 is 21.7 Å². The van der Waals surface area contributed by atoms with Crippen LogP contribution in [0.1, 0.15) is 6.42 Å². The Morgan fingerprint density at radius 1 is 1.12 bits per heavy atom. The fourth-order valence-electron chi connectivity index (χ4n) is 0.703. The summed E-state index contributed by atoms with van der Waals surface area (Å²) in [6.07, 6.45) is 4.94. The summed E-state index contributed by atoms with van der Waals surface area (Å²) in [6, 6.07) is 0. The van der Waals surface area contributed by atoms with Crippen molar-refractivity contribution in [3.63, 3.8) is 0 Å². The minimum absolute atomic E-state index is 0. The molecular formula is C11H16O5Ti. The predicted octanol–water partition coefficient (Wildman–Crippen LogP) is -0.780. The molecule has 17 heavy (non-hydrogen) atoms. The molecule has 1 aliphatic carbocycles. The standard InChI is InChI=1S/C5H8O5.C5H5.CH3.Ti/c6-1-3(8)5(10)4(9)2-7;1-2-4-5-3-1;;/h1-5,8-10H;1-3H,4H2;1H3;/q;2*-1;+2. The van der Waals surface area contributed by atoms with Crippen LogP contribution in [0.5, 0.6) is 0 Å². The summed E-state index contributed by atoms with van der Waals surface area (Å²) in [7, 11) is 0. The minimum Gasteiger partial charge on any atom is -0.387 e. The summed E-state index contributed by atoms with van der Waals surface area (Å²) >= 11 is 0. The molecule has 0 bridgehead atoms. The van der Waals surface area contributed by atoms with Crippen molar-refractivity contribution in [1.29, 1.82) is 0 Å². The van der Waals surface area contributed by atoms with E-state index in [9.17, 15) is 9.59 Å². The van der Waals surface area contributed by atoms with E-state index in [0.29, 0.717) is 0 Å². The molecule has 0 aromatic heterocycles. The Bertz CT molecular complexity index is 228. The number of allylic oxidation sites excluding steroid dienone is 4. The van der Waals surface area contributed by atoms with Crippen LogP contribution in [0.25, 0.3) is 0 Å². The number of hydrogen-bond acceptors (Lipinski definition) is 5. The number of hydrogen-bond donors (Lipinski definition) is 3. The smallest absolute Gasteiger partial charge is 0.387 e. The third-order valence-corrected chi connectivity index (χ3v) is 1.56. The SMILES string of the molecule is O=CC(O)C(O)C(O)C=O.[C-]1=CC=CC1.[CH3-].[Ti+2].